The van der Waals surface area contributed by atoms with Gasteiger partial charge in [-0.25, -0.2) is 0 Å². The number of hydrogen-bond donors (Lipinski definition) is 0. The molecule has 2 bridgehead atoms. The minimum absolute atomic E-state index is 0.146. The molecule has 2 heterocycles. The maximum absolute atomic E-state index is 13.3. The standard InChI is InChI=1S/C16H18F3N3/c1-21-12-3-4-13(21)10-22(7-6-12)15-8-11(9-20)2-5-14(15)16(17,18)19/h2,5,8,12-13H,3-4,6-7,10H2,1H3. The molecule has 1 aromatic rings. The summed E-state index contributed by atoms with van der Waals surface area (Å²) in [6, 6.07) is 6.34. The van der Waals surface area contributed by atoms with Crippen LogP contribution in [0.1, 0.15) is 30.4 Å². The Labute approximate surface area is 127 Å². The number of halogens is 3. The predicted molar refractivity (Wildman–Crippen MR) is 77.6 cm³/mol. The molecule has 2 atom stereocenters. The Morgan fingerprint density at radius 3 is 2.59 bits per heavy atom. The first-order chi connectivity index (χ1) is 10.4. The van der Waals surface area contributed by atoms with Crippen LogP contribution in [0.3, 0.4) is 0 Å². The lowest BCUT2D eigenvalue weighted by atomic mass is 10.0. The number of nitriles is 1. The van der Waals surface area contributed by atoms with Crippen molar-refractivity contribution in [1.82, 2.24) is 4.90 Å². The average Bonchev–Trinajstić information content (AvgIpc) is 2.70. The van der Waals surface area contributed by atoms with E-state index in [-0.39, 0.29) is 11.3 Å². The van der Waals surface area contributed by atoms with Gasteiger partial charge in [-0.2, -0.15) is 18.4 Å². The summed E-state index contributed by atoms with van der Waals surface area (Å²) in [7, 11) is 2.06. The van der Waals surface area contributed by atoms with E-state index in [1.165, 1.54) is 12.1 Å². The van der Waals surface area contributed by atoms with Crippen LogP contribution in [0.2, 0.25) is 0 Å². The number of anilines is 1. The van der Waals surface area contributed by atoms with Gasteiger partial charge < -0.3 is 4.90 Å². The molecule has 2 aliphatic rings. The molecule has 0 aliphatic carbocycles. The van der Waals surface area contributed by atoms with Crippen LogP contribution in [0.5, 0.6) is 0 Å². The Balaban J connectivity index is 1.98. The Bertz CT molecular complexity index is 606. The third kappa shape index (κ3) is 2.66. The highest BCUT2D eigenvalue weighted by Gasteiger charge is 2.39. The summed E-state index contributed by atoms with van der Waals surface area (Å²) in [5.74, 6) is 0. The maximum Gasteiger partial charge on any atom is 0.418 e. The van der Waals surface area contributed by atoms with Gasteiger partial charge in [-0.1, -0.05) is 0 Å². The Morgan fingerprint density at radius 1 is 1.18 bits per heavy atom. The zero-order valence-corrected chi connectivity index (χ0v) is 12.4. The molecule has 2 aliphatic heterocycles. The second-order valence-corrected chi connectivity index (χ2v) is 6.13. The molecule has 3 rings (SSSR count). The highest BCUT2D eigenvalue weighted by Crippen LogP contribution is 2.39. The molecule has 3 nitrogen and oxygen atoms in total. The van der Waals surface area contributed by atoms with Crippen molar-refractivity contribution in [2.45, 2.75) is 37.5 Å². The van der Waals surface area contributed by atoms with Gasteiger partial charge in [-0.15, -0.1) is 0 Å². The molecule has 0 aromatic heterocycles. The Hall–Kier alpha value is -1.74. The fraction of sp³-hybridized carbons (Fsp3) is 0.562. The monoisotopic (exact) mass is 309 g/mol. The van der Waals surface area contributed by atoms with Crippen molar-refractivity contribution in [3.8, 4) is 6.07 Å². The van der Waals surface area contributed by atoms with Crippen LogP contribution in [-0.2, 0) is 6.18 Å². The SMILES string of the molecule is CN1C2CCC1CN(c1cc(C#N)ccc1C(F)(F)F)CC2. The topological polar surface area (TPSA) is 30.3 Å². The van der Waals surface area contributed by atoms with Crippen molar-refractivity contribution >= 4 is 5.69 Å². The van der Waals surface area contributed by atoms with Gasteiger partial charge in [0, 0.05) is 25.2 Å². The van der Waals surface area contributed by atoms with Crippen LogP contribution in [0, 0.1) is 11.3 Å². The second-order valence-electron chi connectivity index (χ2n) is 6.13. The maximum atomic E-state index is 13.3. The third-order valence-corrected chi connectivity index (χ3v) is 4.92. The van der Waals surface area contributed by atoms with E-state index < -0.39 is 11.7 Å². The summed E-state index contributed by atoms with van der Waals surface area (Å²) in [5, 5.41) is 9.00. The van der Waals surface area contributed by atoms with Gasteiger partial charge in [0.1, 0.15) is 0 Å². The number of likely N-dealkylation sites (N-methyl/N-ethyl adjacent to an activating group) is 1. The number of hydrogen-bond acceptors (Lipinski definition) is 3. The average molecular weight is 309 g/mol. The molecule has 1 aromatic carbocycles. The lowest BCUT2D eigenvalue weighted by Gasteiger charge is -2.30. The van der Waals surface area contributed by atoms with Crippen LogP contribution < -0.4 is 4.90 Å². The summed E-state index contributed by atoms with van der Waals surface area (Å²) >= 11 is 0. The molecule has 0 N–H and O–H groups in total. The van der Waals surface area contributed by atoms with Gasteiger partial charge in [0.05, 0.1) is 22.9 Å². The first-order valence-electron chi connectivity index (χ1n) is 7.48. The number of benzene rings is 1. The number of rotatable bonds is 1. The van der Waals surface area contributed by atoms with Crippen molar-refractivity contribution in [1.29, 1.82) is 5.26 Å². The lowest BCUT2D eigenvalue weighted by molar-refractivity contribution is -0.137. The van der Waals surface area contributed by atoms with E-state index in [2.05, 4.69) is 11.9 Å². The first kappa shape index (κ1) is 15.2. The normalized spacial score (nSPS) is 25.9. The molecule has 6 heteroatoms. The number of nitrogens with zero attached hydrogens (tertiary/aromatic N) is 3. The van der Waals surface area contributed by atoms with E-state index in [1.807, 2.05) is 11.0 Å². The molecule has 2 saturated heterocycles. The zero-order valence-electron chi connectivity index (χ0n) is 12.4. The van der Waals surface area contributed by atoms with E-state index in [9.17, 15) is 13.2 Å². The molecule has 22 heavy (non-hydrogen) atoms. The van der Waals surface area contributed by atoms with E-state index in [1.54, 1.807) is 0 Å². The van der Waals surface area contributed by atoms with E-state index in [4.69, 9.17) is 5.26 Å². The summed E-state index contributed by atoms with van der Waals surface area (Å²) in [6.07, 6.45) is -1.39. The fourth-order valence-corrected chi connectivity index (χ4v) is 3.63. The summed E-state index contributed by atoms with van der Waals surface area (Å²) in [6.45, 7) is 1.19. The molecule has 118 valence electrons. The smallest absolute Gasteiger partial charge is 0.369 e. The zero-order chi connectivity index (χ0) is 15.9. The molecule has 0 amide bonds. The van der Waals surface area contributed by atoms with Crippen LogP contribution >= 0.6 is 0 Å². The molecule has 0 spiro atoms. The summed E-state index contributed by atoms with van der Waals surface area (Å²) in [4.78, 5) is 4.10. The van der Waals surface area contributed by atoms with Crippen molar-refractivity contribution in [3.63, 3.8) is 0 Å². The first-order valence-corrected chi connectivity index (χ1v) is 7.48. The third-order valence-electron chi connectivity index (χ3n) is 4.92. The van der Waals surface area contributed by atoms with Crippen LogP contribution in [0.15, 0.2) is 18.2 Å². The molecule has 2 fully saturated rings. The van der Waals surface area contributed by atoms with Crippen molar-refractivity contribution in [3.05, 3.63) is 29.3 Å². The summed E-state index contributed by atoms with van der Waals surface area (Å²) in [5.41, 5.74) is -0.231. The van der Waals surface area contributed by atoms with Gasteiger partial charge in [-0.3, -0.25) is 4.90 Å². The minimum atomic E-state index is -4.40. The van der Waals surface area contributed by atoms with Crippen molar-refractivity contribution in [2.75, 3.05) is 25.0 Å². The van der Waals surface area contributed by atoms with Crippen molar-refractivity contribution < 1.29 is 13.2 Å². The van der Waals surface area contributed by atoms with Crippen LogP contribution in [0.4, 0.5) is 18.9 Å². The van der Waals surface area contributed by atoms with Gasteiger partial charge in [-0.05, 0) is 44.5 Å². The van der Waals surface area contributed by atoms with E-state index >= 15 is 0 Å². The lowest BCUT2D eigenvalue weighted by Crippen LogP contribution is -2.37. The van der Waals surface area contributed by atoms with Gasteiger partial charge in [0.2, 0.25) is 0 Å². The van der Waals surface area contributed by atoms with E-state index in [0.717, 1.165) is 25.3 Å². The van der Waals surface area contributed by atoms with E-state index in [0.29, 0.717) is 25.2 Å². The molecular weight excluding hydrogens is 291 g/mol. The molecule has 0 saturated carbocycles. The largest absolute Gasteiger partial charge is 0.418 e. The minimum Gasteiger partial charge on any atom is -0.369 e. The summed E-state index contributed by atoms with van der Waals surface area (Å²) < 4.78 is 39.9. The highest BCUT2D eigenvalue weighted by molar-refractivity contribution is 5.59. The second kappa shape index (κ2) is 5.47. The van der Waals surface area contributed by atoms with Gasteiger partial charge >= 0.3 is 6.18 Å². The molecule has 0 radical (unpaired) electrons. The van der Waals surface area contributed by atoms with Crippen LogP contribution in [0.25, 0.3) is 0 Å². The number of fused-ring (bicyclic) bond motifs is 2. The molecular formula is C16H18F3N3. The fourth-order valence-electron chi connectivity index (χ4n) is 3.63. The quantitative estimate of drug-likeness (QED) is 0.798. The number of alkyl halides is 3. The predicted octanol–water partition coefficient (Wildman–Crippen LogP) is 3.25. The highest BCUT2D eigenvalue weighted by atomic mass is 19.4. The Morgan fingerprint density at radius 2 is 1.91 bits per heavy atom. The van der Waals surface area contributed by atoms with Gasteiger partial charge in [0.25, 0.3) is 0 Å². The van der Waals surface area contributed by atoms with Gasteiger partial charge in [0.15, 0.2) is 0 Å². The Kier molecular flexibility index (Phi) is 3.77. The molecule has 2 unspecified atom stereocenters. The van der Waals surface area contributed by atoms with Crippen molar-refractivity contribution in [2.24, 2.45) is 0 Å². The van der Waals surface area contributed by atoms with Crippen LogP contribution in [-0.4, -0.2) is 37.1 Å².